The van der Waals surface area contributed by atoms with Crippen molar-refractivity contribution in [2.45, 2.75) is 204 Å². The molecule has 1 saturated heterocycles. The van der Waals surface area contributed by atoms with Gasteiger partial charge in [-0.05, 0) is 45.3 Å². The highest BCUT2D eigenvalue weighted by Gasteiger charge is 2.58. The maximum Gasteiger partial charge on any atom is 0.306 e. The van der Waals surface area contributed by atoms with Gasteiger partial charge in [0.15, 0.2) is 12.4 Å². The molecule has 6 aromatic carbocycles. The van der Waals surface area contributed by atoms with Crippen LogP contribution < -0.4 is 0 Å². The van der Waals surface area contributed by atoms with Crippen LogP contribution in [0.15, 0.2) is 187 Å². The lowest BCUT2D eigenvalue weighted by atomic mass is 9.83. The van der Waals surface area contributed by atoms with Gasteiger partial charge in [0, 0.05) is 11.3 Å². The molecule has 6 aromatic rings. The number of nitrogens with zero attached hydrogens (tertiary/aromatic N) is 3. The Labute approximate surface area is 497 Å². The van der Waals surface area contributed by atoms with Crippen LogP contribution in [0.3, 0.4) is 0 Å². The lowest BCUT2D eigenvalue weighted by Gasteiger charge is -2.51. The average Bonchev–Trinajstić information content (AvgIpc) is 3.70. The molecule has 1 heterocycles. The molecular weight excluding hydrogens is 1060 g/mol. The number of carbonyl (C=O) groups excluding carboxylic acids is 1. The Hall–Kier alpha value is -6.26. The highest BCUT2D eigenvalue weighted by molar-refractivity contribution is 5.69. The fraction of sp³-hybridized carbons (Fsp3) is 0.471. The summed E-state index contributed by atoms with van der Waals surface area (Å²) in [5.74, 6) is -0.509. The van der Waals surface area contributed by atoms with Gasteiger partial charge in [0.05, 0.1) is 46.2 Å². The van der Waals surface area contributed by atoms with E-state index in [4.69, 9.17) is 42.6 Å². The minimum absolute atomic E-state index is 0.0133. The molecule has 14 nitrogen and oxygen atoms in total. The quantitative estimate of drug-likeness (QED) is 0.0129. The lowest BCUT2D eigenvalue weighted by molar-refractivity contribution is -0.336. The van der Waals surface area contributed by atoms with E-state index >= 15 is 0 Å². The number of aliphatic hydroxyl groups is 1. The summed E-state index contributed by atoms with van der Waals surface area (Å²) in [7, 11) is 0. The van der Waals surface area contributed by atoms with Crippen molar-refractivity contribution in [3.8, 4) is 0 Å². The summed E-state index contributed by atoms with van der Waals surface area (Å²) in [5.41, 5.74) is 15.9. The molecule has 8 rings (SSSR count). The number of azide groups is 1. The highest BCUT2D eigenvalue weighted by Crippen LogP contribution is 2.39. The van der Waals surface area contributed by atoms with Gasteiger partial charge in [-0.2, -0.15) is 0 Å². The van der Waals surface area contributed by atoms with Gasteiger partial charge in [0.2, 0.25) is 0 Å². The number of ether oxygens (including phenoxy) is 9. The molecule has 1 saturated carbocycles. The summed E-state index contributed by atoms with van der Waals surface area (Å²) < 4.78 is 61.9. The molecule has 2 fully saturated rings. The largest absolute Gasteiger partial charge is 0.457 e. The van der Waals surface area contributed by atoms with Crippen LogP contribution in [0.4, 0.5) is 0 Å². The third kappa shape index (κ3) is 20.8. The molecule has 0 amide bonds. The highest BCUT2D eigenvalue weighted by atomic mass is 16.7. The Balaban J connectivity index is 1.13. The minimum atomic E-state index is -1.52. The van der Waals surface area contributed by atoms with Crippen molar-refractivity contribution in [2.75, 3.05) is 6.61 Å². The van der Waals surface area contributed by atoms with Crippen LogP contribution in [0.1, 0.15) is 130 Å². The topological polar surface area (TPSA) is 169 Å². The van der Waals surface area contributed by atoms with Gasteiger partial charge in [0.25, 0.3) is 0 Å². The van der Waals surface area contributed by atoms with E-state index in [2.05, 4.69) is 16.9 Å². The summed E-state index contributed by atoms with van der Waals surface area (Å²) in [4.78, 5) is 17.8. The van der Waals surface area contributed by atoms with E-state index in [1.807, 2.05) is 182 Å². The monoisotopic (exact) mass is 1150 g/mol. The number of benzene rings is 6. The zero-order valence-corrected chi connectivity index (χ0v) is 48.9. The Morgan fingerprint density at radius 1 is 0.452 bits per heavy atom. The average molecular weight is 1150 g/mol. The molecule has 1 N–H and O–H groups in total. The molecule has 0 radical (unpaired) electrons. The van der Waals surface area contributed by atoms with Crippen LogP contribution in [0.25, 0.3) is 10.4 Å². The fourth-order valence-corrected chi connectivity index (χ4v) is 11.1. The summed E-state index contributed by atoms with van der Waals surface area (Å²) in [6.07, 6.45) is 3.54. The van der Waals surface area contributed by atoms with Crippen LogP contribution in [-0.4, -0.2) is 85.0 Å². The number of esters is 1. The van der Waals surface area contributed by atoms with Crippen molar-refractivity contribution >= 4 is 5.97 Å². The second kappa shape index (κ2) is 36.6. The van der Waals surface area contributed by atoms with Crippen molar-refractivity contribution < 1.29 is 52.5 Å². The Morgan fingerprint density at radius 2 is 0.810 bits per heavy atom. The molecule has 0 spiro atoms. The molecule has 2 aliphatic rings. The number of aliphatic hydroxyl groups excluding tert-OH is 1. The van der Waals surface area contributed by atoms with E-state index in [1.54, 1.807) is 0 Å². The Bertz CT molecular complexity index is 2750. The molecule has 448 valence electrons. The standard InChI is InChI=1S/C70H87N3O11/c1-2-3-4-5-6-7-8-9-10-11-12-13-32-45-60(74)83-66-62(75)65(79-49-56-39-26-17-27-40-56)67(80-50-57-41-28-18-29-42-57)68(81-51-58-43-30-19-31-44-58)69(66)84-70-61(72-73-71)64(78-48-55-37-24-16-25-38-55)63(77-47-54-35-22-15-23-36-54)59(82-70)52-76-46-53-33-20-14-21-34-53/h14-31,33-44,59,61-70,75H,2-13,32,45-52H2,1H3/t59?,61?,62-,63-,64+,65?,66?,67?,68+,69-,70-/m1/s1. The number of hydrogen-bond donors (Lipinski definition) is 1. The maximum absolute atomic E-state index is 14.5. The van der Waals surface area contributed by atoms with Crippen LogP contribution in [-0.2, 0) is 87.1 Å². The zero-order valence-electron chi connectivity index (χ0n) is 48.9. The maximum atomic E-state index is 14.5. The summed E-state index contributed by atoms with van der Waals surface area (Å²) >= 11 is 0. The molecule has 11 atom stereocenters. The van der Waals surface area contributed by atoms with Crippen LogP contribution in [0, 0.1) is 0 Å². The van der Waals surface area contributed by atoms with E-state index in [-0.39, 0.29) is 52.7 Å². The second-order valence-electron chi connectivity index (χ2n) is 22.1. The van der Waals surface area contributed by atoms with Crippen molar-refractivity contribution in [1.29, 1.82) is 0 Å². The molecule has 14 heteroatoms. The first-order valence-electron chi connectivity index (χ1n) is 30.6. The van der Waals surface area contributed by atoms with E-state index in [0.717, 1.165) is 52.6 Å². The van der Waals surface area contributed by atoms with Gasteiger partial charge >= 0.3 is 5.97 Å². The number of carbonyl (C=O) groups is 1. The molecular formula is C70H87N3O11. The van der Waals surface area contributed by atoms with E-state index < -0.39 is 73.2 Å². The second-order valence-corrected chi connectivity index (χ2v) is 22.1. The van der Waals surface area contributed by atoms with E-state index in [1.165, 1.54) is 57.8 Å². The van der Waals surface area contributed by atoms with Gasteiger partial charge in [-0.15, -0.1) is 0 Å². The molecule has 1 aliphatic carbocycles. The summed E-state index contributed by atoms with van der Waals surface area (Å²) in [6.45, 7) is 3.12. The fourth-order valence-electron chi connectivity index (χ4n) is 11.1. The van der Waals surface area contributed by atoms with Crippen molar-refractivity contribution in [2.24, 2.45) is 5.11 Å². The van der Waals surface area contributed by atoms with Gasteiger partial charge in [0.1, 0.15) is 54.9 Å². The predicted octanol–water partition coefficient (Wildman–Crippen LogP) is 14.7. The van der Waals surface area contributed by atoms with E-state index in [9.17, 15) is 15.4 Å². The first kappa shape index (κ1) is 63.8. The van der Waals surface area contributed by atoms with Gasteiger partial charge in [-0.25, -0.2) is 0 Å². The summed E-state index contributed by atoms with van der Waals surface area (Å²) in [6, 6.07) is 57.2. The number of rotatable bonds is 37. The molecule has 0 aromatic heterocycles. The third-order valence-corrected chi connectivity index (χ3v) is 15.6. The van der Waals surface area contributed by atoms with Crippen molar-refractivity contribution in [3.05, 3.63) is 226 Å². The van der Waals surface area contributed by atoms with Crippen LogP contribution in [0.5, 0.6) is 0 Å². The SMILES string of the molecule is CCCCCCCCCCCCCCCC(=O)OC1[C@H](O)C(OCc2ccccc2)C(OCc2ccccc2)[C@H](OCc2ccccc2)[C@@H]1O[C@H]1OC(COCc2ccccc2)[C@@H](OCc2ccccc2)[C@@H](OCc2ccccc2)C1N=[N+]=[N-]. The van der Waals surface area contributed by atoms with Gasteiger partial charge in [-0.3, -0.25) is 4.79 Å². The van der Waals surface area contributed by atoms with Crippen LogP contribution >= 0.6 is 0 Å². The smallest absolute Gasteiger partial charge is 0.306 e. The van der Waals surface area contributed by atoms with Crippen molar-refractivity contribution in [1.82, 2.24) is 0 Å². The zero-order chi connectivity index (χ0) is 58.2. The predicted molar refractivity (Wildman–Crippen MR) is 324 cm³/mol. The van der Waals surface area contributed by atoms with Gasteiger partial charge < -0.3 is 47.7 Å². The first-order valence-corrected chi connectivity index (χ1v) is 30.6. The lowest BCUT2D eigenvalue weighted by Crippen LogP contribution is -2.69. The molecule has 5 unspecified atom stereocenters. The molecule has 84 heavy (non-hydrogen) atoms. The molecule has 0 bridgehead atoms. The first-order chi connectivity index (χ1) is 41.5. The normalized spacial score (nSPS) is 23.1. The van der Waals surface area contributed by atoms with Crippen LogP contribution in [0.2, 0.25) is 0 Å². The van der Waals surface area contributed by atoms with Gasteiger partial charge in [-0.1, -0.05) is 271 Å². The number of unbranched alkanes of at least 4 members (excludes halogenated alkanes) is 12. The Kier molecular flexibility index (Phi) is 27.7. The van der Waals surface area contributed by atoms with Crippen molar-refractivity contribution in [3.63, 3.8) is 0 Å². The Morgan fingerprint density at radius 3 is 1.23 bits per heavy atom. The molecule has 1 aliphatic heterocycles. The van der Waals surface area contributed by atoms with E-state index in [0.29, 0.717) is 6.42 Å². The number of hydrogen-bond acceptors (Lipinski definition) is 12. The third-order valence-electron chi connectivity index (χ3n) is 15.6. The minimum Gasteiger partial charge on any atom is -0.457 e. The summed E-state index contributed by atoms with van der Waals surface area (Å²) in [5, 5.41) is 17.4.